The molecule has 0 spiro atoms. The molecule has 1 aromatic heterocycles. The fraction of sp³-hybridized carbons (Fsp3) is 0.542. The molecule has 2 aliphatic heterocycles. The van der Waals surface area contributed by atoms with Crippen LogP contribution in [-0.4, -0.2) is 84.2 Å². The standard InChI is InChI=1S/C24H35N5OS.HI/c1-2-25-24(29-13-11-27(12-14-29)19-23-8-5-15-31-23)26-16-22(30)18-28-10-9-20-6-3-4-7-21(20)17-28;/h3-8,15,22,30H,2,9-14,16-19H2,1H3,(H,25,26);1H. The van der Waals surface area contributed by atoms with E-state index in [2.05, 4.69) is 68.7 Å². The Morgan fingerprint density at radius 3 is 2.56 bits per heavy atom. The first-order valence-electron chi connectivity index (χ1n) is 11.5. The van der Waals surface area contributed by atoms with Gasteiger partial charge in [-0.3, -0.25) is 14.8 Å². The zero-order chi connectivity index (χ0) is 21.5. The van der Waals surface area contributed by atoms with Crippen molar-refractivity contribution in [2.75, 3.05) is 52.4 Å². The number of hydrogen-bond acceptors (Lipinski definition) is 5. The molecular formula is C24H36IN5OS. The minimum absolute atomic E-state index is 0. The van der Waals surface area contributed by atoms with Crippen LogP contribution in [0.1, 0.15) is 22.9 Å². The fourth-order valence-corrected chi connectivity index (χ4v) is 5.17. The van der Waals surface area contributed by atoms with Crippen molar-refractivity contribution in [3.63, 3.8) is 0 Å². The van der Waals surface area contributed by atoms with Crippen LogP contribution in [0.15, 0.2) is 46.8 Å². The molecule has 176 valence electrons. The van der Waals surface area contributed by atoms with Crippen LogP contribution in [0.4, 0.5) is 0 Å². The first kappa shape index (κ1) is 25.4. The molecule has 1 unspecified atom stereocenters. The number of β-amino-alcohol motifs (C(OH)–C–C–N with tert-alkyl or cyclic N) is 1. The minimum atomic E-state index is -0.445. The van der Waals surface area contributed by atoms with E-state index in [0.717, 1.165) is 64.7 Å². The summed E-state index contributed by atoms with van der Waals surface area (Å²) in [6, 6.07) is 13.0. The van der Waals surface area contributed by atoms with Crippen LogP contribution in [-0.2, 0) is 19.5 Å². The summed E-state index contributed by atoms with van der Waals surface area (Å²) in [5.41, 5.74) is 2.83. The average Bonchev–Trinajstić information content (AvgIpc) is 3.30. The highest BCUT2D eigenvalue weighted by atomic mass is 127. The molecule has 1 atom stereocenters. The number of aliphatic hydroxyl groups excluding tert-OH is 1. The largest absolute Gasteiger partial charge is 0.390 e. The molecule has 1 aromatic carbocycles. The number of aliphatic hydroxyl groups is 1. The quantitative estimate of drug-likeness (QED) is 0.305. The Morgan fingerprint density at radius 1 is 1.06 bits per heavy atom. The Morgan fingerprint density at radius 2 is 1.84 bits per heavy atom. The number of piperazine rings is 1. The molecule has 0 radical (unpaired) electrons. The number of aliphatic imine (C=N–C) groups is 1. The minimum Gasteiger partial charge on any atom is -0.390 e. The normalized spacial score (nSPS) is 18.7. The second kappa shape index (κ2) is 12.9. The van der Waals surface area contributed by atoms with Crippen LogP contribution >= 0.6 is 35.3 Å². The lowest BCUT2D eigenvalue weighted by molar-refractivity contribution is 0.111. The molecule has 1 saturated heterocycles. The van der Waals surface area contributed by atoms with E-state index in [9.17, 15) is 5.11 Å². The molecule has 2 aromatic rings. The third kappa shape index (κ3) is 7.15. The zero-order valence-electron chi connectivity index (χ0n) is 18.9. The summed E-state index contributed by atoms with van der Waals surface area (Å²) < 4.78 is 0. The topological polar surface area (TPSA) is 54.3 Å². The Bertz CT molecular complexity index is 839. The van der Waals surface area contributed by atoms with Crippen LogP contribution in [0.3, 0.4) is 0 Å². The van der Waals surface area contributed by atoms with E-state index in [1.165, 1.54) is 16.0 Å². The SMILES string of the molecule is CCNC(=NCC(O)CN1CCc2ccccc2C1)N1CCN(Cc2cccs2)CC1.I. The predicted octanol–water partition coefficient (Wildman–Crippen LogP) is 2.87. The number of halogens is 1. The molecule has 4 rings (SSSR count). The van der Waals surface area contributed by atoms with Gasteiger partial charge < -0.3 is 15.3 Å². The number of guanidine groups is 1. The zero-order valence-corrected chi connectivity index (χ0v) is 22.1. The molecular weight excluding hydrogens is 533 g/mol. The van der Waals surface area contributed by atoms with Crippen LogP contribution in [0.2, 0.25) is 0 Å². The molecule has 1 fully saturated rings. The van der Waals surface area contributed by atoms with E-state index in [1.54, 1.807) is 0 Å². The Labute approximate surface area is 213 Å². The van der Waals surface area contributed by atoms with Crippen LogP contribution in [0, 0.1) is 0 Å². The van der Waals surface area contributed by atoms with Gasteiger partial charge in [-0.15, -0.1) is 35.3 Å². The molecule has 0 aliphatic carbocycles. The van der Waals surface area contributed by atoms with Gasteiger partial charge in [-0.1, -0.05) is 30.3 Å². The van der Waals surface area contributed by atoms with Crippen molar-refractivity contribution in [3.05, 3.63) is 57.8 Å². The first-order valence-corrected chi connectivity index (χ1v) is 12.3. The Balaban J connectivity index is 0.00000289. The van der Waals surface area contributed by atoms with Gasteiger partial charge in [0.1, 0.15) is 0 Å². The van der Waals surface area contributed by atoms with Crippen molar-refractivity contribution in [2.45, 2.75) is 32.5 Å². The monoisotopic (exact) mass is 569 g/mol. The summed E-state index contributed by atoms with van der Waals surface area (Å²) in [6.45, 7) is 11.0. The lowest BCUT2D eigenvalue weighted by Crippen LogP contribution is -2.52. The second-order valence-corrected chi connectivity index (χ2v) is 9.48. The summed E-state index contributed by atoms with van der Waals surface area (Å²) in [4.78, 5) is 13.4. The fourth-order valence-electron chi connectivity index (χ4n) is 4.42. The summed E-state index contributed by atoms with van der Waals surface area (Å²) in [5, 5.41) is 16.2. The van der Waals surface area contributed by atoms with E-state index < -0.39 is 6.10 Å². The van der Waals surface area contributed by atoms with Gasteiger partial charge in [0.15, 0.2) is 5.96 Å². The molecule has 0 amide bonds. The van der Waals surface area contributed by atoms with Crippen molar-refractivity contribution in [3.8, 4) is 0 Å². The van der Waals surface area contributed by atoms with E-state index in [-0.39, 0.29) is 24.0 Å². The Kier molecular flexibility index (Phi) is 10.2. The van der Waals surface area contributed by atoms with Gasteiger partial charge in [0, 0.05) is 63.8 Å². The van der Waals surface area contributed by atoms with Crippen LogP contribution in [0.5, 0.6) is 0 Å². The average molecular weight is 570 g/mol. The first-order chi connectivity index (χ1) is 15.2. The van der Waals surface area contributed by atoms with Gasteiger partial charge in [-0.25, -0.2) is 0 Å². The van der Waals surface area contributed by atoms with E-state index >= 15 is 0 Å². The van der Waals surface area contributed by atoms with Crippen LogP contribution < -0.4 is 5.32 Å². The molecule has 0 bridgehead atoms. The molecule has 0 saturated carbocycles. The lowest BCUT2D eigenvalue weighted by Gasteiger charge is -2.36. The molecule has 32 heavy (non-hydrogen) atoms. The summed E-state index contributed by atoms with van der Waals surface area (Å²) in [6.07, 6.45) is 0.615. The van der Waals surface area contributed by atoms with Crippen molar-refractivity contribution >= 4 is 41.3 Å². The van der Waals surface area contributed by atoms with Gasteiger partial charge in [0.05, 0.1) is 12.6 Å². The summed E-state index contributed by atoms with van der Waals surface area (Å²) >= 11 is 1.83. The van der Waals surface area contributed by atoms with Gasteiger partial charge >= 0.3 is 0 Å². The number of benzene rings is 1. The van der Waals surface area contributed by atoms with Crippen molar-refractivity contribution < 1.29 is 5.11 Å². The highest BCUT2D eigenvalue weighted by Crippen LogP contribution is 2.18. The van der Waals surface area contributed by atoms with Crippen molar-refractivity contribution in [1.29, 1.82) is 0 Å². The van der Waals surface area contributed by atoms with Crippen molar-refractivity contribution in [2.24, 2.45) is 4.99 Å². The summed E-state index contributed by atoms with van der Waals surface area (Å²) in [7, 11) is 0. The number of nitrogens with one attached hydrogen (secondary N) is 1. The van der Waals surface area contributed by atoms with E-state index in [0.29, 0.717) is 13.1 Å². The molecule has 6 nitrogen and oxygen atoms in total. The number of nitrogens with zero attached hydrogens (tertiary/aromatic N) is 4. The summed E-state index contributed by atoms with van der Waals surface area (Å²) in [5.74, 6) is 0.932. The maximum Gasteiger partial charge on any atom is 0.194 e. The lowest BCUT2D eigenvalue weighted by atomic mass is 10.00. The van der Waals surface area contributed by atoms with Gasteiger partial charge in [-0.2, -0.15) is 0 Å². The molecule has 8 heteroatoms. The molecule has 2 N–H and O–H groups in total. The number of rotatable bonds is 7. The maximum atomic E-state index is 10.6. The third-order valence-electron chi connectivity index (χ3n) is 6.10. The third-order valence-corrected chi connectivity index (χ3v) is 6.96. The number of thiophene rings is 1. The van der Waals surface area contributed by atoms with Crippen LogP contribution in [0.25, 0.3) is 0 Å². The van der Waals surface area contributed by atoms with E-state index in [4.69, 9.17) is 4.99 Å². The van der Waals surface area contributed by atoms with Gasteiger partial charge in [0.25, 0.3) is 0 Å². The van der Waals surface area contributed by atoms with E-state index in [1.807, 2.05) is 11.3 Å². The number of hydrogen-bond donors (Lipinski definition) is 2. The maximum absolute atomic E-state index is 10.6. The molecule has 2 aliphatic rings. The highest BCUT2D eigenvalue weighted by Gasteiger charge is 2.21. The highest BCUT2D eigenvalue weighted by molar-refractivity contribution is 14.0. The second-order valence-electron chi connectivity index (χ2n) is 8.44. The van der Waals surface area contributed by atoms with Crippen molar-refractivity contribution in [1.82, 2.24) is 20.0 Å². The predicted molar refractivity (Wildman–Crippen MR) is 144 cm³/mol. The number of fused-ring (bicyclic) bond motifs is 1. The molecule has 3 heterocycles. The smallest absolute Gasteiger partial charge is 0.194 e. The van der Waals surface area contributed by atoms with Gasteiger partial charge in [-0.05, 0) is 35.9 Å². The van der Waals surface area contributed by atoms with Gasteiger partial charge in [0.2, 0.25) is 0 Å². The Hall–Kier alpha value is -1.20.